The molecule has 1 amide bonds. The van der Waals surface area contributed by atoms with Gasteiger partial charge < -0.3 is 20.2 Å². The van der Waals surface area contributed by atoms with Gasteiger partial charge in [0.15, 0.2) is 0 Å². The number of carbonyl (C=O) groups excluding carboxylic acids is 1. The van der Waals surface area contributed by atoms with Crippen LogP contribution in [0.4, 0.5) is 5.82 Å². The highest BCUT2D eigenvalue weighted by molar-refractivity contribution is 9.10. The summed E-state index contributed by atoms with van der Waals surface area (Å²) in [7, 11) is 0. The van der Waals surface area contributed by atoms with Crippen LogP contribution < -0.4 is 10.2 Å². The number of amides is 1. The molecule has 1 saturated carbocycles. The third kappa shape index (κ3) is 5.86. The average Bonchev–Trinajstić information content (AvgIpc) is 3.19. The molecule has 1 saturated heterocycles. The van der Waals surface area contributed by atoms with E-state index in [1.54, 1.807) is 6.33 Å². The molecule has 2 N–H and O–H groups in total. The van der Waals surface area contributed by atoms with E-state index in [1.165, 1.54) is 25.7 Å². The predicted octanol–water partition coefficient (Wildman–Crippen LogP) is 4.77. The Morgan fingerprint density at radius 2 is 1.81 bits per heavy atom. The van der Waals surface area contributed by atoms with Crippen LogP contribution in [-0.4, -0.2) is 64.6 Å². The molecule has 3 aliphatic rings. The summed E-state index contributed by atoms with van der Waals surface area (Å²) in [6.45, 7) is 10.3. The predicted molar refractivity (Wildman–Crippen MR) is 150 cm³/mol. The number of rotatable bonds is 6. The van der Waals surface area contributed by atoms with Crippen LogP contribution in [0.2, 0.25) is 0 Å². The molecule has 1 aromatic heterocycles. The van der Waals surface area contributed by atoms with Crippen LogP contribution in [0.3, 0.4) is 0 Å². The number of hydrogen-bond donors (Lipinski definition) is 2. The number of piperazine rings is 1. The number of fused-ring (bicyclic) bond motifs is 1. The zero-order chi connectivity index (χ0) is 26.2. The van der Waals surface area contributed by atoms with Gasteiger partial charge in [0.05, 0.1) is 17.7 Å². The molecule has 1 aliphatic heterocycles. The van der Waals surface area contributed by atoms with Crippen molar-refractivity contribution in [1.29, 1.82) is 0 Å². The lowest BCUT2D eigenvalue weighted by Gasteiger charge is -2.38. The SMILES string of the molecule is C[C@@H]1C[C@@H](O)c2ncnc(N3CCN(C(=O)[C@H](CNC4CCC(C)(C)CC4)c4ccc(Br)cc4)CC3)c21. The van der Waals surface area contributed by atoms with Crippen molar-refractivity contribution in [2.75, 3.05) is 37.6 Å². The van der Waals surface area contributed by atoms with Gasteiger partial charge in [-0.15, -0.1) is 0 Å². The number of aliphatic hydroxyl groups is 1. The lowest BCUT2D eigenvalue weighted by molar-refractivity contribution is -0.133. The molecule has 0 bridgehead atoms. The Labute approximate surface area is 229 Å². The molecule has 8 heteroatoms. The molecule has 37 heavy (non-hydrogen) atoms. The molecule has 2 aromatic rings. The van der Waals surface area contributed by atoms with Gasteiger partial charge in [0.2, 0.25) is 5.91 Å². The molecule has 0 unspecified atom stereocenters. The molecule has 1 aromatic carbocycles. The monoisotopic (exact) mass is 569 g/mol. The second-order valence-corrected chi connectivity index (χ2v) is 12.8. The maximum atomic E-state index is 13.9. The van der Waals surface area contributed by atoms with Gasteiger partial charge in [0.25, 0.3) is 0 Å². The van der Waals surface area contributed by atoms with Gasteiger partial charge in [-0.1, -0.05) is 48.8 Å². The molecular formula is C29H40BrN5O2. The second-order valence-electron chi connectivity index (χ2n) is 11.9. The fourth-order valence-corrected chi connectivity index (χ4v) is 6.51. The summed E-state index contributed by atoms with van der Waals surface area (Å²) in [5.74, 6) is 1.15. The van der Waals surface area contributed by atoms with Crippen molar-refractivity contribution in [3.63, 3.8) is 0 Å². The van der Waals surface area contributed by atoms with Crippen LogP contribution >= 0.6 is 15.9 Å². The smallest absolute Gasteiger partial charge is 0.231 e. The van der Waals surface area contributed by atoms with Crippen LogP contribution in [0, 0.1) is 5.41 Å². The number of benzene rings is 1. The summed E-state index contributed by atoms with van der Waals surface area (Å²) in [4.78, 5) is 27.1. The van der Waals surface area contributed by atoms with Gasteiger partial charge in [-0.05, 0) is 61.1 Å². The highest BCUT2D eigenvalue weighted by atomic mass is 79.9. The van der Waals surface area contributed by atoms with E-state index in [1.807, 2.05) is 17.0 Å². The van der Waals surface area contributed by atoms with E-state index in [-0.39, 0.29) is 17.7 Å². The largest absolute Gasteiger partial charge is 0.387 e. The van der Waals surface area contributed by atoms with Crippen LogP contribution in [-0.2, 0) is 4.79 Å². The molecule has 7 nitrogen and oxygen atoms in total. The first-order chi connectivity index (χ1) is 17.7. The van der Waals surface area contributed by atoms with Crippen LogP contribution in [0.5, 0.6) is 0 Å². The molecule has 3 atom stereocenters. The number of aromatic nitrogens is 2. The Bertz CT molecular complexity index is 1090. The van der Waals surface area contributed by atoms with Gasteiger partial charge in [-0.2, -0.15) is 0 Å². The van der Waals surface area contributed by atoms with Gasteiger partial charge in [0, 0.05) is 48.8 Å². The number of anilines is 1. The molecule has 5 rings (SSSR count). The highest BCUT2D eigenvalue weighted by Crippen LogP contribution is 2.43. The molecule has 2 heterocycles. The van der Waals surface area contributed by atoms with Crippen LogP contribution in [0.25, 0.3) is 0 Å². The molecular weight excluding hydrogens is 530 g/mol. The van der Waals surface area contributed by atoms with E-state index in [0.717, 1.165) is 40.2 Å². The third-order valence-electron chi connectivity index (χ3n) is 8.69. The number of nitrogens with one attached hydrogen (secondary N) is 1. The summed E-state index contributed by atoms with van der Waals surface area (Å²) < 4.78 is 1.02. The Kier molecular flexibility index (Phi) is 7.89. The van der Waals surface area contributed by atoms with Gasteiger partial charge in [-0.3, -0.25) is 4.79 Å². The topological polar surface area (TPSA) is 81.6 Å². The van der Waals surface area contributed by atoms with E-state index in [9.17, 15) is 9.90 Å². The second kappa shape index (κ2) is 11.0. The molecule has 2 fully saturated rings. The summed E-state index contributed by atoms with van der Waals surface area (Å²) in [6, 6.07) is 8.69. The third-order valence-corrected chi connectivity index (χ3v) is 9.22. The first-order valence-electron chi connectivity index (χ1n) is 13.8. The number of halogens is 1. The summed E-state index contributed by atoms with van der Waals surface area (Å²) in [5, 5.41) is 14.1. The Hall–Kier alpha value is -2.03. The molecule has 200 valence electrons. The van der Waals surface area contributed by atoms with Crippen LogP contribution in [0.15, 0.2) is 35.1 Å². The van der Waals surface area contributed by atoms with Crippen LogP contribution in [0.1, 0.15) is 87.6 Å². The van der Waals surface area contributed by atoms with Crippen molar-refractivity contribution >= 4 is 27.7 Å². The normalized spacial score (nSPS) is 24.7. The first-order valence-corrected chi connectivity index (χ1v) is 14.6. The van der Waals surface area contributed by atoms with Gasteiger partial charge >= 0.3 is 0 Å². The minimum Gasteiger partial charge on any atom is -0.387 e. The summed E-state index contributed by atoms with van der Waals surface area (Å²) in [6.07, 6.45) is 6.54. The molecule has 2 aliphatic carbocycles. The standard InChI is InChI=1S/C29H40BrN5O2/c1-19-16-24(36)26-25(19)27(33-18-32-26)34-12-14-35(15-13-34)28(37)23(20-4-6-21(30)7-5-20)17-31-22-8-10-29(2,3)11-9-22/h4-7,18-19,22-24,31,36H,8-17H2,1-3H3/t19-,23-,24-/m1/s1. The highest BCUT2D eigenvalue weighted by Gasteiger charge is 2.35. The van der Waals surface area contributed by atoms with Crippen molar-refractivity contribution in [3.05, 3.63) is 51.9 Å². The fraction of sp³-hybridized carbons (Fsp3) is 0.621. The van der Waals surface area contributed by atoms with Crippen molar-refractivity contribution in [3.8, 4) is 0 Å². The van der Waals surface area contributed by atoms with E-state index in [0.29, 0.717) is 37.5 Å². The van der Waals surface area contributed by atoms with Crippen molar-refractivity contribution in [2.24, 2.45) is 5.41 Å². The zero-order valence-corrected chi connectivity index (χ0v) is 23.9. The van der Waals surface area contributed by atoms with Crippen molar-refractivity contribution in [2.45, 2.75) is 76.9 Å². The maximum Gasteiger partial charge on any atom is 0.231 e. The lowest BCUT2D eigenvalue weighted by Crippen LogP contribution is -2.51. The summed E-state index contributed by atoms with van der Waals surface area (Å²) >= 11 is 3.54. The quantitative estimate of drug-likeness (QED) is 0.521. The molecule has 0 radical (unpaired) electrons. The van der Waals surface area contributed by atoms with E-state index in [4.69, 9.17) is 0 Å². The Balaban J connectivity index is 1.26. The fourth-order valence-electron chi connectivity index (χ4n) is 6.24. The van der Waals surface area contributed by atoms with E-state index >= 15 is 0 Å². The number of carbonyl (C=O) groups is 1. The minimum absolute atomic E-state index is 0.197. The molecule has 0 spiro atoms. The van der Waals surface area contributed by atoms with E-state index < -0.39 is 6.10 Å². The van der Waals surface area contributed by atoms with Gasteiger partial charge in [0.1, 0.15) is 12.1 Å². The number of aliphatic hydroxyl groups excluding tert-OH is 1. The summed E-state index contributed by atoms with van der Waals surface area (Å²) in [5.41, 5.74) is 3.33. The first kappa shape index (κ1) is 26.6. The van der Waals surface area contributed by atoms with E-state index in [2.05, 4.69) is 69.0 Å². The Morgan fingerprint density at radius 3 is 2.49 bits per heavy atom. The lowest BCUT2D eigenvalue weighted by atomic mass is 9.75. The minimum atomic E-state index is -0.510. The Morgan fingerprint density at radius 1 is 1.14 bits per heavy atom. The zero-order valence-electron chi connectivity index (χ0n) is 22.3. The maximum absolute atomic E-state index is 13.9. The van der Waals surface area contributed by atoms with Crippen molar-refractivity contribution in [1.82, 2.24) is 20.2 Å². The van der Waals surface area contributed by atoms with Crippen molar-refractivity contribution < 1.29 is 9.90 Å². The number of nitrogens with zero attached hydrogens (tertiary/aromatic N) is 4. The number of hydrogen-bond acceptors (Lipinski definition) is 6. The van der Waals surface area contributed by atoms with Gasteiger partial charge in [-0.25, -0.2) is 9.97 Å². The average molecular weight is 571 g/mol.